The van der Waals surface area contributed by atoms with Crippen molar-refractivity contribution in [2.24, 2.45) is 0 Å². The molecule has 176 valence electrons. The first-order valence-corrected chi connectivity index (χ1v) is 10.2. The Morgan fingerprint density at radius 2 is 1.97 bits per heavy atom. The molecule has 0 spiro atoms. The molecule has 0 radical (unpaired) electrons. The van der Waals surface area contributed by atoms with Gasteiger partial charge in [-0.05, 0) is 49.7 Å². The number of amides is 3. The van der Waals surface area contributed by atoms with Crippen LogP contribution in [0.4, 0.5) is 23.7 Å². The first kappa shape index (κ1) is 24.2. The van der Waals surface area contributed by atoms with Gasteiger partial charge in [0.05, 0.1) is 35.9 Å². The number of methoxy groups -OCH3 is 1. The van der Waals surface area contributed by atoms with E-state index in [1.807, 2.05) is 0 Å². The summed E-state index contributed by atoms with van der Waals surface area (Å²) in [5, 5.41) is 7.82. The van der Waals surface area contributed by atoms with E-state index in [1.165, 1.54) is 32.2 Å². The molecule has 3 rings (SSSR count). The van der Waals surface area contributed by atoms with Gasteiger partial charge in [0.15, 0.2) is 11.5 Å². The van der Waals surface area contributed by atoms with Gasteiger partial charge < -0.3 is 25.4 Å². The maximum Gasteiger partial charge on any atom is 0.416 e. The topological polar surface area (TPSA) is 88.7 Å². The van der Waals surface area contributed by atoms with Crippen LogP contribution in [-0.2, 0) is 11.0 Å². The van der Waals surface area contributed by atoms with Gasteiger partial charge in [0.2, 0.25) is 0 Å². The lowest BCUT2D eigenvalue weighted by molar-refractivity contribution is -0.137. The average Bonchev–Trinajstić information content (AvgIpc) is 2.72. The highest BCUT2D eigenvalue weighted by Gasteiger charge is 2.33. The molecule has 7 nitrogen and oxygen atoms in total. The van der Waals surface area contributed by atoms with E-state index in [1.54, 1.807) is 13.0 Å². The number of hydrogen-bond acceptors (Lipinski definition) is 4. The van der Waals surface area contributed by atoms with Gasteiger partial charge in [0, 0.05) is 11.4 Å². The molecule has 1 atom stereocenters. The van der Waals surface area contributed by atoms with Crippen molar-refractivity contribution in [2.45, 2.75) is 26.1 Å². The fourth-order valence-electron chi connectivity index (χ4n) is 3.43. The number of hydrogen-bond donors (Lipinski definition) is 3. The van der Waals surface area contributed by atoms with Crippen LogP contribution in [0.15, 0.2) is 47.7 Å². The molecular weight excluding hydrogens is 463 g/mol. The summed E-state index contributed by atoms with van der Waals surface area (Å²) < 4.78 is 49.9. The van der Waals surface area contributed by atoms with E-state index < -0.39 is 29.7 Å². The van der Waals surface area contributed by atoms with Crippen molar-refractivity contribution in [3.63, 3.8) is 0 Å². The van der Waals surface area contributed by atoms with Gasteiger partial charge in [-0.1, -0.05) is 17.7 Å². The number of halogens is 4. The Morgan fingerprint density at radius 3 is 2.61 bits per heavy atom. The summed E-state index contributed by atoms with van der Waals surface area (Å²) in [6.07, 6.45) is -4.56. The highest BCUT2D eigenvalue weighted by molar-refractivity contribution is 6.32. The fourth-order valence-corrected chi connectivity index (χ4v) is 3.73. The molecule has 3 amide bonds. The normalized spacial score (nSPS) is 16.1. The van der Waals surface area contributed by atoms with Crippen LogP contribution < -0.4 is 25.4 Å². The molecule has 0 saturated heterocycles. The van der Waals surface area contributed by atoms with E-state index in [-0.39, 0.29) is 27.7 Å². The number of alkyl halides is 3. The molecule has 2 aromatic carbocycles. The number of urea groups is 1. The van der Waals surface area contributed by atoms with Crippen molar-refractivity contribution in [1.29, 1.82) is 0 Å². The van der Waals surface area contributed by atoms with Gasteiger partial charge in [0.25, 0.3) is 5.91 Å². The van der Waals surface area contributed by atoms with Crippen LogP contribution in [0.3, 0.4) is 0 Å². The number of carbonyl (C=O) groups excluding carboxylic acids is 2. The van der Waals surface area contributed by atoms with Crippen LogP contribution in [0, 0.1) is 0 Å². The summed E-state index contributed by atoms with van der Waals surface area (Å²) in [5.74, 6) is -0.0991. The quantitative estimate of drug-likeness (QED) is 0.537. The highest BCUT2D eigenvalue weighted by Crippen LogP contribution is 2.40. The number of ether oxygens (including phenoxy) is 2. The second-order valence-corrected chi connectivity index (χ2v) is 7.48. The molecule has 3 N–H and O–H groups in total. The third-order valence-corrected chi connectivity index (χ3v) is 5.11. The molecule has 33 heavy (non-hydrogen) atoms. The van der Waals surface area contributed by atoms with Gasteiger partial charge in [-0.15, -0.1) is 0 Å². The Hall–Kier alpha value is -3.40. The number of carbonyl (C=O) groups is 2. The molecule has 0 aliphatic carbocycles. The van der Waals surface area contributed by atoms with Gasteiger partial charge in [-0.3, -0.25) is 4.79 Å². The van der Waals surface area contributed by atoms with E-state index in [2.05, 4.69) is 16.0 Å². The summed E-state index contributed by atoms with van der Waals surface area (Å²) in [6, 6.07) is 5.85. The molecule has 11 heteroatoms. The van der Waals surface area contributed by atoms with Crippen molar-refractivity contribution in [2.75, 3.05) is 19.0 Å². The van der Waals surface area contributed by atoms with Gasteiger partial charge in [-0.2, -0.15) is 13.2 Å². The monoisotopic (exact) mass is 483 g/mol. The molecule has 0 saturated carbocycles. The minimum atomic E-state index is -4.56. The summed E-state index contributed by atoms with van der Waals surface area (Å²) in [4.78, 5) is 25.3. The lowest BCUT2D eigenvalue weighted by Crippen LogP contribution is -2.46. The van der Waals surface area contributed by atoms with Crippen LogP contribution in [0.2, 0.25) is 5.02 Å². The van der Waals surface area contributed by atoms with Crippen LogP contribution in [0.1, 0.15) is 31.0 Å². The first-order valence-electron chi connectivity index (χ1n) is 9.82. The van der Waals surface area contributed by atoms with Crippen molar-refractivity contribution in [1.82, 2.24) is 10.6 Å². The molecule has 0 fully saturated rings. The third-order valence-electron chi connectivity index (χ3n) is 4.83. The second-order valence-electron chi connectivity index (χ2n) is 7.07. The Morgan fingerprint density at radius 1 is 1.24 bits per heavy atom. The number of benzene rings is 2. The van der Waals surface area contributed by atoms with Crippen molar-refractivity contribution >= 4 is 29.2 Å². The Kier molecular flexibility index (Phi) is 7.06. The Balaban J connectivity index is 2.00. The molecular formula is C22H21ClF3N3O4. The Labute approximate surface area is 192 Å². The number of allylic oxidation sites excluding steroid dienone is 1. The van der Waals surface area contributed by atoms with Gasteiger partial charge in [-0.25, -0.2) is 4.79 Å². The van der Waals surface area contributed by atoms with E-state index in [9.17, 15) is 22.8 Å². The minimum absolute atomic E-state index is 0.0476. The van der Waals surface area contributed by atoms with E-state index in [0.29, 0.717) is 17.9 Å². The van der Waals surface area contributed by atoms with Gasteiger partial charge in [0.1, 0.15) is 0 Å². The molecule has 0 bridgehead atoms. The minimum Gasteiger partial charge on any atom is -0.491 e. The maximum atomic E-state index is 13.1. The SMILES string of the molecule is CCOc1cc(C2NC(=O)NC(C)=C2C(=O)Nc2cccc(C(F)(F)F)c2)cc(Cl)c1OC. The smallest absolute Gasteiger partial charge is 0.416 e. The Bertz CT molecular complexity index is 1120. The van der Waals surface area contributed by atoms with Crippen LogP contribution in [0.25, 0.3) is 0 Å². The maximum absolute atomic E-state index is 13.1. The summed E-state index contributed by atoms with van der Waals surface area (Å²) in [7, 11) is 1.42. The van der Waals surface area contributed by atoms with E-state index in [4.69, 9.17) is 21.1 Å². The zero-order valence-electron chi connectivity index (χ0n) is 17.9. The lowest BCUT2D eigenvalue weighted by atomic mass is 9.94. The van der Waals surface area contributed by atoms with Crippen LogP contribution >= 0.6 is 11.6 Å². The zero-order valence-corrected chi connectivity index (χ0v) is 18.6. The first-order chi connectivity index (χ1) is 15.5. The summed E-state index contributed by atoms with van der Waals surface area (Å²) >= 11 is 6.32. The fraction of sp³-hybridized carbons (Fsp3) is 0.273. The molecule has 2 aromatic rings. The van der Waals surface area contributed by atoms with Crippen molar-refractivity contribution in [3.8, 4) is 11.5 Å². The number of nitrogens with one attached hydrogen (secondary N) is 3. The predicted molar refractivity (Wildman–Crippen MR) is 116 cm³/mol. The van der Waals surface area contributed by atoms with Crippen molar-refractivity contribution in [3.05, 3.63) is 63.8 Å². The number of anilines is 1. The molecule has 0 aromatic heterocycles. The van der Waals surface area contributed by atoms with E-state index >= 15 is 0 Å². The molecule has 1 unspecified atom stereocenters. The molecule has 1 aliphatic heterocycles. The highest BCUT2D eigenvalue weighted by atomic mass is 35.5. The van der Waals surface area contributed by atoms with E-state index in [0.717, 1.165) is 12.1 Å². The molecule has 1 aliphatic rings. The number of rotatable bonds is 6. The van der Waals surface area contributed by atoms with Gasteiger partial charge >= 0.3 is 12.2 Å². The molecule has 1 heterocycles. The average molecular weight is 484 g/mol. The summed E-state index contributed by atoms with van der Waals surface area (Å²) in [5.41, 5.74) is -0.198. The standard InChI is InChI=1S/C22H21ClF3N3O4/c1-4-33-16-9-12(8-15(23)19(16)32-3)18-17(11(2)27-21(31)29-18)20(30)28-14-7-5-6-13(10-14)22(24,25)26/h5-10,18H,4H2,1-3H3,(H,28,30)(H2,27,29,31). The van der Waals surface area contributed by atoms with Crippen LogP contribution in [-0.4, -0.2) is 25.7 Å². The van der Waals surface area contributed by atoms with Crippen molar-refractivity contribution < 1.29 is 32.2 Å². The predicted octanol–water partition coefficient (Wildman–Crippen LogP) is 5.03. The van der Waals surface area contributed by atoms with Crippen LogP contribution in [0.5, 0.6) is 11.5 Å². The largest absolute Gasteiger partial charge is 0.491 e. The second kappa shape index (κ2) is 9.62. The third kappa shape index (κ3) is 5.33. The lowest BCUT2D eigenvalue weighted by Gasteiger charge is -2.29. The zero-order chi connectivity index (χ0) is 24.3. The summed E-state index contributed by atoms with van der Waals surface area (Å²) in [6.45, 7) is 3.60.